The maximum atomic E-state index is 11.7. The molecule has 0 bridgehead atoms. The minimum atomic E-state index is -3.85. The van der Waals surface area contributed by atoms with E-state index in [1.807, 2.05) is 25.8 Å². The minimum absolute atomic E-state index is 0.0559. The van der Waals surface area contributed by atoms with Crippen LogP contribution in [0.1, 0.15) is 44.7 Å². The van der Waals surface area contributed by atoms with Crippen molar-refractivity contribution in [2.24, 2.45) is 5.14 Å². The van der Waals surface area contributed by atoms with Crippen LogP contribution < -0.4 is 5.14 Å². The standard InChI is InChI=1S/C13H24N4O3S/c1-10(2)17-8-11(12(15-17)21(14,19)20)7-16(3)9-13(18)5-4-6-13/h8,10,18H,4-7,9H2,1-3H3,(H2,14,19,20). The van der Waals surface area contributed by atoms with E-state index in [0.29, 0.717) is 18.7 Å². The zero-order chi connectivity index (χ0) is 15.8. The van der Waals surface area contributed by atoms with Crippen molar-refractivity contribution in [2.75, 3.05) is 13.6 Å². The molecule has 0 aromatic carbocycles. The van der Waals surface area contributed by atoms with Crippen molar-refractivity contribution in [1.82, 2.24) is 14.7 Å². The fraction of sp³-hybridized carbons (Fsp3) is 0.769. The van der Waals surface area contributed by atoms with Gasteiger partial charge in [-0.2, -0.15) is 5.10 Å². The summed E-state index contributed by atoms with van der Waals surface area (Å²) in [6.45, 7) is 4.75. The lowest BCUT2D eigenvalue weighted by Gasteiger charge is -2.39. The first kappa shape index (κ1) is 16.4. The lowest BCUT2D eigenvalue weighted by molar-refractivity contribution is -0.0556. The summed E-state index contributed by atoms with van der Waals surface area (Å²) < 4.78 is 24.9. The number of hydrogen-bond donors (Lipinski definition) is 2. The van der Waals surface area contributed by atoms with Crippen LogP contribution in [-0.4, -0.2) is 47.4 Å². The first-order chi connectivity index (χ1) is 9.61. The summed E-state index contributed by atoms with van der Waals surface area (Å²) in [7, 11) is -1.99. The Hall–Kier alpha value is -0.960. The van der Waals surface area contributed by atoms with Crippen molar-refractivity contribution in [3.63, 3.8) is 0 Å². The second-order valence-corrected chi connectivity index (χ2v) is 7.81. The number of hydrogen-bond acceptors (Lipinski definition) is 5. The average Bonchev–Trinajstić information content (AvgIpc) is 2.70. The number of primary sulfonamides is 1. The summed E-state index contributed by atoms with van der Waals surface area (Å²) >= 11 is 0. The molecule has 1 aromatic rings. The number of nitrogens with two attached hydrogens (primary N) is 1. The molecule has 120 valence electrons. The minimum Gasteiger partial charge on any atom is -0.389 e. The highest BCUT2D eigenvalue weighted by molar-refractivity contribution is 7.89. The van der Waals surface area contributed by atoms with Crippen LogP contribution in [0.5, 0.6) is 0 Å². The van der Waals surface area contributed by atoms with E-state index in [1.54, 1.807) is 10.9 Å². The SMILES string of the molecule is CC(C)n1cc(CN(C)CC2(O)CCC2)c(S(N)(=O)=O)n1. The molecular formula is C13H24N4O3S. The van der Waals surface area contributed by atoms with Gasteiger partial charge in [-0.15, -0.1) is 0 Å². The summed E-state index contributed by atoms with van der Waals surface area (Å²) in [4.78, 5) is 1.91. The van der Waals surface area contributed by atoms with E-state index in [1.165, 1.54) is 0 Å². The van der Waals surface area contributed by atoms with E-state index < -0.39 is 15.6 Å². The Balaban J connectivity index is 2.18. The molecule has 1 aliphatic rings. The lowest BCUT2D eigenvalue weighted by Crippen LogP contribution is -2.46. The lowest BCUT2D eigenvalue weighted by atomic mass is 9.80. The highest BCUT2D eigenvalue weighted by atomic mass is 32.2. The molecule has 8 heteroatoms. The zero-order valence-corrected chi connectivity index (χ0v) is 13.6. The zero-order valence-electron chi connectivity index (χ0n) is 12.8. The number of aromatic nitrogens is 2. The Kier molecular flexibility index (Phi) is 4.44. The monoisotopic (exact) mass is 316 g/mol. The van der Waals surface area contributed by atoms with Crippen LogP contribution in [0.15, 0.2) is 11.2 Å². The summed E-state index contributed by atoms with van der Waals surface area (Å²) in [5.41, 5.74) is -0.0681. The molecule has 0 amide bonds. The highest BCUT2D eigenvalue weighted by Gasteiger charge is 2.35. The molecule has 7 nitrogen and oxygen atoms in total. The van der Waals surface area contributed by atoms with Crippen molar-refractivity contribution in [2.45, 2.75) is 56.3 Å². The van der Waals surface area contributed by atoms with Crippen LogP contribution in [0, 0.1) is 0 Å². The van der Waals surface area contributed by atoms with Crippen molar-refractivity contribution in [3.05, 3.63) is 11.8 Å². The highest BCUT2D eigenvalue weighted by Crippen LogP contribution is 2.32. The van der Waals surface area contributed by atoms with E-state index in [2.05, 4.69) is 5.10 Å². The van der Waals surface area contributed by atoms with E-state index >= 15 is 0 Å². The molecule has 0 unspecified atom stereocenters. The Labute approximate surface area is 125 Å². The fourth-order valence-electron chi connectivity index (χ4n) is 2.62. The van der Waals surface area contributed by atoms with Crippen LogP contribution in [0.25, 0.3) is 0 Å². The first-order valence-electron chi connectivity index (χ1n) is 7.12. The van der Waals surface area contributed by atoms with Gasteiger partial charge in [0, 0.05) is 30.9 Å². The second-order valence-electron chi connectivity index (χ2n) is 6.33. The van der Waals surface area contributed by atoms with Gasteiger partial charge in [0.15, 0.2) is 5.03 Å². The smallest absolute Gasteiger partial charge is 0.257 e. The number of aliphatic hydroxyl groups is 1. The fourth-order valence-corrected chi connectivity index (χ4v) is 3.31. The normalized spacial score (nSPS) is 18.2. The van der Waals surface area contributed by atoms with Crippen LogP contribution in [-0.2, 0) is 16.6 Å². The molecule has 0 spiro atoms. The number of sulfonamides is 1. The van der Waals surface area contributed by atoms with Gasteiger partial charge in [0.1, 0.15) is 0 Å². The molecule has 2 rings (SSSR count). The van der Waals surface area contributed by atoms with Gasteiger partial charge in [0.2, 0.25) is 0 Å². The van der Waals surface area contributed by atoms with Gasteiger partial charge >= 0.3 is 0 Å². The maximum absolute atomic E-state index is 11.7. The summed E-state index contributed by atoms with van der Waals surface area (Å²) in [6.07, 6.45) is 4.35. The average molecular weight is 316 g/mol. The van der Waals surface area contributed by atoms with Crippen LogP contribution in [0.4, 0.5) is 0 Å². The number of nitrogens with zero attached hydrogens (tertiary/aromatic N) is 3. The molecule has 1 saturated carbocycles. The van der Waals surface area contributed by atoms with E-state index in [9.17, 15) is 13.5 Å². The molecule has 0 radical (unpaired) electrons. The van der Waals surface area contributed by atoms with Gasteiger partial charge in [-0.1, -0.05) is 0 Å². The summed E-state index contributed by atoms with van der Waals surface area (Å²) in [5.74, 6) is 0. The van der Waals surface area contributed by atoms with Gasteiger partial charge in [-0.05, 0) is 40.2 Å². The quantitative estimate of drug-likeness (QED) is 0.794. The topological polar surface area (TPSA) is 101 Å². The molecule has 3 N–H and O–H groups in total. The Bertz CT molecular complexity index is 605. The van der Waals surface area contributed by atoms with Gasteiger partial charge < -0.3 is 5.11 Å². The molecule has 1 heterocycles. The largest absolute Gasteiger partial charge is 0.389 e. The molecular weight excluding hydrogens is 292 g/mol. The predicted molar refractivity (Wildman–Crippen MR) is 79.1 cm³/mol. The molecule has 0 aliphatic heterocycles. The number of likely N-dealkylation sites (N-methyl/N-ethyl adjacent to an activating group) is 1. The molecule has 1 aliphatic carbocycles. The Morgan fingerprint density at radius 3 is 2.57 bits per heavy atom. The van der Waals surface area contributed by atoms with E-state index in [-0.39, 0.29) is 11.1 Å². The third-order valence-corrected chi connectivity index (χ3v) is 4.74. The van der Waals surface area contributed by atoms with Crippen LogP contribution >= 0.6 is 0 Å². The van der Waals surface area contributed by atoms with Crippen molar-refractivity contribution < 1.29 is 13.5 Å². The predicted octanol–water partition coefficient (Wildman–Crippen LogP) is 0.458. The Morgan fingerprint density at radius 2 is 2.14 bits per heavy atom. The summed E-state index contributed by atoms with van der Waals surface area (Å²) in [5, 5.41) is 19.4. The molecule has 21 heavy (non-hydrogen) atoms. The second kappa shape index (κ2) is 5.68. The third-order valence-electron chi connectivity index (χ3n) is 3.86. The van der Waals surface area contributed by atoms with Crippen molar-refractivity contribution >= 4 is 10.0 Å². The third kappa shape index (κ3) is 3.82. The van der Waals surface area contributed by atoms with Gasteiger partial charge in [-0.25, -0.2) is 13.6 Å². The molecule has 0 atom stereocenters. The Morgan fingerprint density at radius 1 is 1.52 bits per heavy atom. The maximum Gasteiger partial charge on any atom is 0.257 e. The van der Waals surface area contributed by atoms with E-state index in [4.69, 9.17) is 5.14 Å². The molecule has 1 aromatic heterocycles. The van der Waals surface area contributed by atoms with E-state index in [0.717, 1.165) is 19.3 Å². The first-order valence-corrected chi connectivity index (χ1v) is 8.67. The van der Waals surface area contributed by atoms with Crippen LogP contribution in [0.2, 0.25) is 0 Å². The van der Waals surface area contributed by atoms with Crippen molar-refractivity contribution in [1.29, 1.82) is 0 Å². The van der Waals surface area contributed by atoms with Gasteiger partial charge in [0.05, 0.1) is 5.60 Å². The molecule has 0 saturated heterocycles. The number of rotatable bonds is 6. The summed E-state index contributed by atoms with van der Waals surface area (Å²) in [6, 6.07) is 0.0559. The van der Waals surface area contributed by atoms with Gasteiger partial charge in [0.25, 0.3) is 10.0 Å². The van der Waals surface area contributed by atoms with Crippen molar-refractivity contribution in [3.8, 4) is 0 Å². The van der Waals surface area contributed by atoms with Gasteiger partial charge in [-0.3, -0.25) is 9.58 Å². The molecule has 1 fully saturated rings. The van der Waals surface area contributed by atoms with Crippen LogP contribution in [0.3, 0.4) is 0 Å².